The van der Waals surface area contributed by atoms with Gasteiger partial charge in [0.1, 0.15) is 0 Å². The summed E-state index contributed by atoms with van der Waals surface area (Å²) in [6.07, 6.45) is 1.86. The molecule has 0 spiro atoms. The summed E-state index contributed by atoms with van der Waals surface area (Å²) in [5.41, 5.74) is 0. The Morgan fingerprint density at radius 3 is 2.38 bits per heavy atom. The molecule has 1 aliphatic heterocycles. The molecule has 0 N–H and O–H groups in total. The van der Waals surface area contributed by atoms with Gasteiger partial charge in [-0.15, -0.1) is 0 Å². The van der Waals surface area contributed by atoms with E-state index in [-0.39, 0.29) is 0 Å². The van der Waals surface area contributed by atoms with Gasteiger partial charge in [0.25, 0.3) is 0 Å². The Bertz CT molecular complexity index is 90.5. The number of rotatable bonds is 0. The molecule has 0 aliphatic carbocycles. The van der Waals surface area contributed by atoms with Gasteiger partial charge < -0.3 is 0 Å². The van der Waals surface area contributed by atoms with Gasteiger partial charge in [-0.1, -0.05) is 0 Å². The van der Waals surface area contributed by atoms with Crippen LogP contribution in [0, 0.1) is 0 Å². The summed E-state index contributed by atoms with van der Waals surface area (Å²) in [5, 5.41) is 0. The third kappa shape index (κ3) is 1.62. The standard InChI is InChI=1S/C6H12O.Sn/c1-5(2)4-6(3)7;/h6H,4H2,1-3H3;/q-1;+1. The first kappa shape index (κ1) is 6.87. The SMILES string of the molecule is CC1C[C](C)(C)[Sn][O]1. The molecule has 2 heteroatoms. The minimum absolute atomic E-state index is 0.426. The maximum atomic E-state index is 5.54. The molecule has 0 aromatic carbocycles. The molecule has 0 aromatic rings. The first-order chi connectivity index (χ1) is 3.60. The molecule has 8 heavy (non-hydrogen) atoms. The fourth-order valence-electron chi connectivity index (χ4n) is 1.06. The van der Waals surface area contributed by atoms with E-state index in [0.717, 1.165) is 0 Å². The Balaban J connectivity index is 2.44. The zero-order valence-electron chi connectivity index (χ0n) is 5.69. The van der Waals surface area contributed by atoms with Crippen LogP contribution in [0.1, 0.15) is 27.2 Å². The summed E-state index contributed by atoms with van der Waals surface area (Å²) in [5.74, 6) is 0. The van der Waals surface area contributed by atoms with Crippen molar-refractivity contribution in [2.24, 2.45) is 0 Å². The van der Waals surface area contributed by atoms with Gasteiger partial charge in [0.15, 0.2) is 0 Å². The van der Waals surface area contributed by atoms with Crippen molar-refractivity contribution in [1.82, 2.24) is 0 Å². The fourth-order valence-corrected chi connectivity index (χ4v) is 3.84. The van der Waals surface area contributed by atoms with E-state index in [9.17, 15) is 0 Å². The summed E-state index contributed by atoms with van der Waals surface area (Å²) >= 11 is -0.426. The van der Waals surface area contributed by atoms with Crippen LogP contribution < -0.4 is 0 Å². The Labute approximate surface area is 61.6 Å². The predicted octanol–water partition coefficient (Wildman–Crippen LogP) is 1.61. The average Bonchev–Trinajstić information content (AvgIpc) is 1.82. The van der Waals surface area contributed by atoms with Crippen LogP contribution in [0.25, 0.3) is 0 Å². The van der Waals surface area contributed by atoms with Crippen molar-refractivity contribution in [3.63, 3.8) is 0 Å². The van der Waals surface area contributed by atoms with Crippen molar-refractivity contribution < 1.29 is 3.07 Å². The zero-order chi connectivity index (χ0) is 6.20. The van der Waals surface area contributed by atoms with Crippen LogP contribution in [0.2, 0.25) is 3.43 Å². The number of hydrogen-bond donors (Lipinski definition) is 0. The molecule has 46 valence electrons. The quantitative estimate of drug-likeness (QED) is 0.562. The normalized spacial score (nSPS) is 35.6. The first-order valence-electron chi connectivity index (χ1n) is 3.03. The Kier molecular flexibility index (Phi) is 1.87. The summed E-state index contributed by atoms with van der Waals surface area (Å²) < 4.78 is 6.15. The van der Waals surface area contributed by atoms with Crippen LogP contribution in [0.4, 0.5) is 0 Å². The minimum atomic E-state index is -0.426. The predicted molar refractivity (Wildman–Crippen MR) is 35.0 cm³/mol. The molecule has 1 aliphatic rings. The molecule has 1 fully saturated rings. The van der Waals surface area contributed by atoms with Crippen molar-refractivity contribution in [3.8, 4) is 0 Å². The van der Waals surface area contributed by atoms with Gasteiger partial charge in [-0.25, -0.2) is 0 Å². The molecular formula is C6H12OSn. The van der Waals surface area contributed by atoms with Crippen molar-refractivity contribution in [2.45, 2.75) is 36.7 Å². The van der Waals surface area contributed by atoms with Gasteiger partial charge >= 0.3 is 61.4 Å². The molecule has 0 aromatic heterocycles. The molecule has 1 heterocycles. The molecular weight excluding hydrogens is 207 g/mol. The molecule has 1 nitrogen and oxygen atoms in total. The van der Waals surface area contributed by atoms with Crippen LogP contribution in [0.5, 0.6) is 0 Å². The summed E-state index contributed by atoms with van der Waals surface area (Å²) in [7, 11) is 0. The average molecular weight is 219 g/mol. The van der Waals surface area contributed by atoms with E-state index in [1.165, 1.54) is 6.42 Å². The second-order valence-electron chi connectivity index (χ2n) is 3.12. The Hall–Kier alpha value is 0.759. The van der Waals surface area contributed by atoms with Gasteiger partial charge in [0.05, 0.1) is 0 Å². The Morgan fingerprint density at radius 2 is 2.25 bits per heavy atom. The van der Waals surface area contributed by atoms with E-state index in [1.807, 2.05) is 0 Å². The van der Waals surface area contributed by atoms with Crippen molar-refractivity contribution in [2.75, 3.05) is 0 Å². The topological polar surface area (TPSA) is 9.23 Å². The van der Waals surface area contributed by atoms with Crippen LogP contribution in [0.3, 0.4) is 0 Å². The third-order valence-electron chi connectivity index (χ3n) is 1.33. The summed E-state index contributed by atoms with van der Waals surface area (Å²) in [4.78, 5) is 0. The molecule has 1 atom stereocenters. The molecule has 1 rings (SSSR count). The van der Waals surface area contributed by atoms with Crippen LogP contribution in [0.15, 0.2) is 0 Å². The number of hydrogen-bond acceptors (Lipinski definition) is 1. The molecule has 1 saturated heterocycles. The fraction of sp³-hybridized carbons (Fsp3) is 1.00. The van der Waals surface area contributed by atoms with Crippen molar-refractivity contribution >= 4 is 21.6 Å². The van der Waals surface area contributed by atoms with E-state index in [2.05, 4.69) is 20.8 Å². The van der Waals surface area contributed by atoms with Gasteiger partial charge in [-0.05, 0) is 0 Å². The van der Waals surface area contributed by atoms with Gasteiger partial charge in [-0.2, -0.15) is 0 Å². The van der Waals surface area contributed by atoms with Crippen LogP contribution in [-0.2, 0) is 3.07 Å². The molecule has 2 radical (unpaired) electrons. The molecule has 0 amide bonds. The van der Waals surface area contributed by atoms with Gasteiger partial charge in [0, 0.05) is 0 Å². The van der Waals surface area contributed by atoms with Crippen molar-refractivity contribution in [1.29, 1.82) is 0 Å². The summed E-state index contributed by atoms with van der Waals surface area (Å²) in [6, 6.07) is 0. The molecule has 0 bridgehead atoms. The zero-order valence-corrected chi connectivity index (χ0v) is 8.55. The van der Waals surface area contributed by atoms with E-state index in [1.54, 1.807) is 0 Å². The van der Waals surface area contributed by atoms with Crippen molar-refractivity contribution in [3.05, 3.63) is 0 Å². The van der Waals surface area contributed by atoms with E-state index in [0.29, 0.717) is 9.53 Å². The molecule has 1 unspecified atom stereocenters. The third-order valence-corrected chi connectivity index (χ3v) is 4.98. The van der Waals surface area contributed by atoms with Gasteiger partial charge in [0.2, 0.25) is 0 Å². The second kappa shape index (κ2) is 2.18. The maximum absolute atomic E-state index is 5.54. The van der Waals surface area contributed by atoms with E-state index < -0.39 is 21.6 Å². The summed E-state index contributed by atoms with van der Waals surface area (Å²) in [6.45, 7) is 6.82. The monoisotopic (exact) mass is 220 g/mol. The molecule has 0 saturated carbocycles. The van der Waals surface area contributed by atoms with Crippen LogP contribution >= 0.6 is 0 Å². The first-order valence-corrected chi connectivity index (χ1v) is 5.62. The van der Waals surface area contributed by atoms with E-state index in [4.69, 9.17) is 3.07 Å². The second-order valence-corrected chi connectivity index (χ2v) is 8.24. The van der Waals surface area contributed by atoms with Crippen LogP contribution in [-0.4, -0.2) is 27.7 Å². The van der Waals surface area contributed by atoms with E-state index >= 15 is 0 Å². The Morgan fingerprint density at radius 1 is 1.62 bits per heavy atom. The van der Waals surface area contributed by atoms with Gasteiger partial charge in [-0.3, -0.25) is 0 Å².